The summed E-state index contributed by atoms with van der Waals surface area (Å²) in [6, 6.07) is 0. The summed E-state index contributed by atoms with van der Waals surface area (Å²) in [4.78, 5) is 22.0. The Balaban J connectivity index is 2.69. The third-order valence-corrected chi connectivity index (χ3v) is 1.48. The lowest BCUT2D eigenvalue weighted by atomic mass is 9.90. The monoisotopic (exact) mass is 180 g/mol. The highest BCUT2D eigenvalue weighted by atomic mass is 16.6. The topological polar surface area (TPSA) is 52.6 Å². The number of hydrogen-bond donors (Lipinski definition) is 0. The molecule has 68 valence electrons. The smallest absolute Gasteiger partial charge is 0.495 e. The number of carbonyl (C=O) groups excluding carboxylic acids is 2. The Hall–Kier alpha value is -1.52. The fourth-order valence-corrected chi connectivity index (χ4v) is 0.933. The normalized spacial score (nSPS) is 18.5. The molecule has 1 heterocycles. The Morgan fingerprint density at radius 1 is 1.23 bits per heavy atom. The molecule has 0 radical (unpaired) electrons. The van der Waals surface area contributed by atoms with Gasteiger partial charge >= 0.3 is 7.12 Å². The van der Waals surface area contributed by atoms with Crippen molar-refractivity contribution in [1.29, 1.82) is 0 Å². The highest BCUT2D eigenvalue weighted by Crippen LogP contribution is 2.12. The predicted molar refractivity (Wildman–Crippen MR) is 46.5 cm³/mol. The van der Waals surface area contributed by atoms with Crippen molar-refractivity contribution in [1.82, 2.24) is 0 Å². The Labute approximate surface area is 76.4 Å². The largest absolute Gasteiger partial charge is 0.628 e. The van der Waals surface area contributed by atoms with Crippen molar-refractivity contribution in [2.75, 3.05) is 0 Å². The van der Waals surface area contributed by atoms with Crippen LogP contribution in [0, 0.1) is 0 Å². The molecule has 0 atom stereocenters. The Kier molecular flexibility index (Phi) is 2.90. The van der Waals surface area contributed by atoms with Crippen LogP contribution in [-0.4, -0.2) is 19.1 Å². The van der Waals surface area contributed by atoms with Crippen LogP contribution in [0.15, 0.2) is 24.7 Å². The van der Waals surface area contributed by atoms with Crippen molar-refractivity contribution in [2.45, 2.75) is 12.8 Å². The summed E-state index contributed by atoms with van der Waals surface area (Å²) in [7, 11) is -0.965. The lowest BCUT2D eigenvalue weighted by molar-refractivity contribution is -0.140. The standard InChI is InChI=1S/C8H9BO4/c1-3-9-12-7(10)4-6(2)5-8(11)13-9/h3H,1-2,4-5H2. The highest BCUT2D eigenvalue weighted by Gasteiger charge is 2.27. The number of rotatable bonds is 1. The maximum Gasteiger partial charge on any atom is 0.628 e. The van der Waals surface area contributed by atoms with Gasteiger partial charge in [-0.05, 0) is 5.98 Å². The van der Waals surface area contributed by atoms with Gasteiger partial charge in [0.1, 0.15) is 0 Å². The predicted octanol–water partition coefficient (Wildman–Crippen LogP) is 0.636. The molecule has 0 aromatic heterocycles. The van der Waals surface area contributed by atoms with E-state index in [2.05, 4.69) is 13.2 Å². The second-order valence-corrected chi connectivity index (χ2v) is 2.69. The van der Waals surface area contributed by atoms with Crippen LogP contribution >= 0.6 is 0 Å². The van der Waals surface area contributed by atoms with Gasteiger partial charge < -0.3 is 9.31 Å². The SMILES string of the molecule is C=CB1OC(=O)CC(=C)CC(=O)O1. The molecule has 1 aliphatic heterocycles. The average molecular weight is 180 g/mol. The van der Waals surface area contributed by atoms with E-state index in [1.54, 1.807) is 0 Å². The van der Waals surface area contributed by atoms with E-state index in [1.807, 2.05) is 0 Å². The summed E-state index contributed by atoms with van der Waals surface area (Å²) >= 11 is 0. The number of carbonyl (C=O) groups is 2. The van der Waals surface area contributed by atoms with Crippen molar-refractivity contribution in [3.8, 4) is 0 Å². The van der Waals surface area contributed by atoms with E-state index in [4.69, 9.17) is 9.31 Å². The zero-order valence-electron chi connectivity index (χ0n) is 7.12. The van der Waals surface area contributed by atoms with Gasteiger partial charge in [-0.2, -0.15) is 0 Å². The van der Waals surface area contributed by atoms with Crippen LogP contribution in [0.3, 0.4) is 0 Å². The third kappa shape index (κ3) is 2.78. The highest BCUT2D eigenvalue weighted by molar-refractivity contribution is 6.54. The minimum atomic E-state index is -0.965. The molecule has 13 heavy (non-hydrogen) atoms. The van der Waals surface area contributed by atoms with Gasteiger partial charge in [-0.25, -0.2) is 0 Å². The first-order valence-electron chi connectivity index (χ1n) is 3.80. The Morgan fingerprint density at radius 3 is 2.08 bits per heavy atom. The van der Waals surface area contributed by atoms with E-state index >= 15 is 0 Å². The summed E-state index contributed by atoms with van der Waals surface area (Å²) in [6.07, 6.45) is 0.110. The van der Waals surface area contributed by atoms with Crippen molar-refractivity contribution in [3.05, 3.63) is 24.7 Å². The van der Waals surface area contributed by atoms with Gasteiger partial charge in [-0.15, -0.1) is 6.58 Å². The van der Waals surface area contributed by atoms with Gasteiger partial charge in [0.15, 0.2) is 0 Å². The third-order valence-electron chi connectivity index (χ3n) is 1.48. The molecule has 0 aromatic carbocycles. The Bertz CT molecular complexity index is 249. The molecule has 1 rings (SSSR count). The maximum absolute atomic E-state index is 11.0. The van der Waals surface area contributed by atoms with Crippen molar-refractivity contribution in [2.24, 2.45) is 0 Å². The van der Waals surface area contributed by atoms with Crippen molar-refractivity contribution in [3.63, 3.8) is 0 Å². The number of hydrogen-bond acceptors (Lipinski definition) is 4. The fourth-order valence-electron chi connectivity index (χ4n) is 0.933. The summed E-state index contributed by atoms with van der Waals surface area (Å²) < 4.78 is 9.44. The van der Waals surface area contributed by atoms with E-state index < -0.39 is 19.1 Å². The van der Waals surface area contributed by atoms with E-state index in [9.17, 15) is 9.59 Å². The van der Waals surface area contributed by atoms with E-state index in [0.717, 1.165) is 0 Å². The first-order chi connectivity index (χ1) is 6.11. The van der Waals surface area contributed by atoms with Gasteiger partial charge in [0.05, 0.1) is 12.8 Å². The van der Waals surface area contributed by atoms with Crippen molar-refractivity contribution >= 4 is 19.1 Å². The van der Waals surface area contributed by atoms with Crippen LogP contribution in [0.5, 0.6) is 0 Å². The Morgan fingerprint density at radius 2 is 1.69 bits per heavy atom. The van der Waals surface area contributed by atoms with Crippen LogP contribution < -0.4 is 0 Å². The quantitative estimate of drug-likeness (QED) is 0.438. The minimum absolute atomic E-state index is 0.0550. The van der Waals surface area contributed by atoms with Gasteiger partial charge in [-0.1, -0.05) is 12.2 Å². The second-order valence-electron chi connectivity index (χ2n) is 2.69. The zero-order chi connectivity index (χ0) is 9.84. The van der Waals surface area contributed by atoms with E-state index in [-0.39, 0.29) is 12.8 Å². The summed E-state index contributed by atoms with van der Waals surface area (Å²) in [5, 5.41) is 0. The molecule has 0 aliphatic carbocycles. The molecule has 0 spiro atoms. The lowest BCUT2D eigenvalue weighted by Gasteiger charge is -2.15. The molecule has 0 unspecified atom stereocenters. The molecule has 1 aliphatic rings. The summed E-state index contributed by atoms with van der Waals surface area (Å²) in [5.41, 5.74) is 0.498. The first kappa shape index (κ1) is 9.57. The van der Waals surface area contributed by atoms with Crippen LogP contribution in [0.25, 0.3) is 0 Å². The molecule has 0 aromatic rings. The molecule has 0 N–H and O–H groups in total. The fraction of sp³-hybridized carbons (Fsp3) is 0.250. The maximum atomic E-state index is 11.0. The summed E-state index contributed by atoms with van der Waals surface area (Å²) in [6.45, 7) is 6.91. The van der Waals surface area contributed by atoms with Crippen molar-refractivity contribution < 1.29 is 18.9 Å². The lowest BCUT2D eigenvalue weighted by Crippen LogP contribution is -2.30. The van der Waals surface area contributed by atoms with Crippen LogP contribution in [-0.2, 0) is 18.9 Å². The molecule has 1 fully saturated rings. The molecule has 0 bridgehead atoms. The average Bonchev–Trinajstić information content (AvgIpc) is 1.99. The molecule has 4 nitrogen and oxygen atoms in total. The molecule has 5 heteroatoms. The van der Waals surface area contributed by atoms with Gasteiger partial charge in [0.25, 0.3) is 11.9 Å². The molecular weight excluding hydrogens is 171 g/mol. The molecule has 1 saturated heterocycles. The van der Waals surface area contributed by atoms with E-state index in [1.165, 1.54) is 5.98 Å². The first-order valence-corrected chi connectivity index (χ1v) is 3.80. The molecule has 0 amide bonds. The summed E-state index contributed by atoms with van der Waals surface area (Å²) in [5.74, 6) is 0.342. The van der Waals surface area contributed by atoms with Gasteiger partial charge in [0, 0.05) is 0 Å². The minimum Gasteiger partial charge on any atom is -0.495 e. The van der Waals surface area contributed by atoms with Crippen LogP contribution in [0.2, 0.25) is 0 Å². The zero-order valence-corrected chi connectivity index (χ0v) is 7.12. The van der Waals surface area contributed by atoms with Gasteiger partial charge in [-0.3, -0.25) is 9.59 Å². The second kappa shape index (κ2) is 3.93. The van der Waals surface area contributed by atoms with E-state index in [0.29, 0.717) is 5.57 Å². The van der Waals surface area contributed by atoms with Gasteiger partial charge in [0.2, 0.25) is 0 Å². The molecule has 0 saturated carbocycles. The van der Waals surface area contributed by atoms with Crippen LogP contribution in [0.4, 0.5) is 0 Å². The molecular formula is C8H9BO4. The van der Waals surface area contributed by atoms with Crippen LogP contribution in [0.1, 0.15) is 12.8 Å².